The van der Waals surface area contributed by atoms with Crippen LogP contribution in [0.15, 0.2) is 36.4 Å². The van der Waals surface area contributed by atoms with Crippen LogP contribution in [0.25, 0.3) is 0 Å². The number of thiophene rings is 1. The predicted octanol–water partition coefficient (Wildman–Crippen LogP) is 2.38. The van der Waals surface area contributed by atoms with Gasteiger partial charge in [-0.15, -0.1) is 11.3 Å². The highest BCUT2D eigenvalue weighted by molar-refractivity contribution is 7.14. The molecule has 3 rings (SSSR count). The number of hydrogen-bond donors (Lipinski definition) is 2. The Morgan fingerprint density at radius 1 is 1.27 bits per heavy atom. The average Bonchev–Trinajstić information content (AvgIpc) is 2.97. The first kappa shape index (κ1) is 14.7. The highest BCUT2D eigenvalue weighted by atomic mass is 32.1. The topological polar surface area (TPSA) is 75.6 Å². The maximum Gasteiger partial charge on any atom is 0.330 e. The van der Waals surface area contributed by atoms with Gasteiger partial charge in [0.15, 0.2) is 6.04 Å². The molecule has 1 aliphatic rings. The normalized spacial score (nSPS) is 14.9. The molecule has 6 heteroatoms. The van der Waals surface area contributed by atoms with Crippen LogP contribution in [-0.2, 0) is 22.6 Å². The number of fused-ring (bicyclic) bond motifs is 1. The summed E-state index contributed by atoms with van der Waals surface area (Å²) in [6, 6.07) is 9.41. The van der Waals surface area contributed by atoms with E-state index < -0.39 is 12.0 Å². The lowest BCUT2D eigenvalue weighted by molar-refractivity contribution is -0.139. The van der Waals surface area contributed by atoms with E-state index in [0.717, 1.165) is 16.9 Å². The van der Waals surface area contributed by atoms with Crippen molar-refractivity contribution in [2.75, 3.05) is 6.61 Å². The van der Waals surface area contributed by atoms with Gasteiger partial charge in [0.05, 0.1) is 18.1 Å². The van der Waals surface area contributed by atoms with Gasteiger partial charge in [0.25, 0.3) is 5.91 Å². The Morgan fingerprint density at radius 2 is 2.05 bits per heavy atom. The number of aliphatic carboxylic acids is 1. The average molecular weight is 317 g/mol. The molecule has 1 amide bonds. The van der Waals surface area contributed by atoms with E-state index in [2.05, 4.69) is 5.32 Å². The van der Waals surface area contributed by atoms with Crippen LogP contribution in [0, 0.1) is 0 Å². The zero-order chi connectivity index (χ0) is 15.5. The highest BCUT2D eigenvalue weighted by Gasteiger charge is 2.24. The fourth-order valence-corrected chi connectivity index (χ4v) is 3.45. The Kier molecular flexibility index (Phi) is 4.22. The van der Waals surface area contributed by atoms with Crippen LogP contribution in [-0.4, -0.2) is 23.6 Å². The summed E-state index contributed by atoms with van der Waals surface area (Å²) in [6.45, 7) is 1.18. The molecule has 1 aromatic carbocycles. The van der Waals surface area contributed by atoms with Gasteiger partial charge in [-0.25, -0.2) is 4.79 Å². The number of carboxylic acid groups (broad SMARTS) is 1. The maximum absolute atomic E-state index is 12.3. The molecule has 2 heterocycles. The van der Waals surface area contributed by atoms with Crippen molar-refractivity contribution in [3.63, 3.8) is 0 Å². The monoisotopic (exact) mass is 317 g/mol. The molecule has 2 aromatic rings. The van der Waals surface area contributed by atoms with E-state index in [1.807, 2.05) is 0 Å². The fraction of sp³-hybridized carbons (Fsp3) is 0.250. The van der Waals surface area contributed by atoms with Crippen LogP contribution in [0.4, 0.5) is 0 Å². The Morgan fingerprint density at radius 3 is 2.73 bits per heavy atom. The van der Waals surface area contributed by atoms with Crippen molar-refractivity contribution < 1.29 is 19.4 Å². The van der Waals surface area contributed by atoms with Crippen molar-refractivity contribution in [2.45, 2.75) is 19.1 Å². The summed E-state index contributed by atoms with van der Waals surface area (Å²) in [5.74, 6) is -1.44. The SMILES string of the molecule is O=C(N[C@@H](C(=O)O)c1ccccc1)c1cc2c(s1)CCOC2. The molecular weight excluding hydrogens is 302 g/mol. The smallest absolute Gasteiger partial charge is 0.330 e. The van der Waals surface area contributed by atoms with Crippen molar-refractivity contribution in [1.82, 2.24) is 5.32 Å². The number of amides is 1. The molecule has 1 aromatic heterocycles. The number of ether oxygens (including phenoxy) is 1. The number of carboxylic acids is 1. The van der Waals surface area contributed by atoms with Crippen LogP contribution in [0.2, 0.25) is 0 Å². The number of carbonyl (C=O) groups is 2. The van der Waals surface area contributed by atoms with Gasteiger partial charge in [-0.2, -0.15) is 0 Å². The molecular formula is C16H15NO4S. The number of nitrogens with one attached hydrogen (secondary N) is 1. The van der Waals surface area contributed by atoms with E-state index in [4.69, 9.17) is 4.74 Å². The second kappa shape index (κ2) is 6.29. The Balaban J connectivity index is 1.79. The molecule has 0 unspecified atom stereocenters. The van der Waals surface area contributed by atoms with E-state index in [1.54, 1.807) is 36.4 Å². The first-order chi connectivity index (χ1) is 10.6. The van der Waals surface area contributed by atoms with Gasteiger partial charge in [-0.1, -0.05) is 30.3 Å². The summed E-state index contributed by atoms with van der Waals surface area (Å²) in [6.07, 6.45) is 0.800. The van der Waals surface area contributed by atoms with Gasteiger partial charge in [0, 0.05) is 11.3 Å². The lowest BCUT2D eigenvalue weighted by Crippen LogP contribution is -2.33. The van der Waals surface area contributed by atoms with Crippen LogP contribution in [0.1, 0.15) is 31.7 Å². The third-order valence-corrected chi connectivity index (χ3v) is 4.74. The molecule has 1 atom stereocenters. The molecule has 114 valence electrons. The maximum atomic E-state index is 12.3. The van der Waals surface area contributed by atoms with Crippen LogP contribution >= 0.6 is 11.3 Å². The summed E-state index contributed by atoms with van der Waals surface area (Å²) in [7, 11) is 0. The van der Waals surface area contributed by atoms with E-state index in [9.17, 15) is 14.7 Å². The predicted molar refractivity (Wildman–Crippen MR) is 82.0 cm³/mol. The lowest BCUT2D eigenvalue weighted by atomic mass is 10.1. The first-order valence-corrected chi connectivity index (χ1v) is 7.75. The van der Waals surface area contributed by atoms with Crippen LogP contribution in [0.3, 0.4) is 0 Å². The van der Waals surface area contributed by atoms with Crippen molar-refractivity contribution in [2.24, 2.45) is 0 Å². The van der Waals surface area contributed by atoms with Gasteiger partial charge in [0.2, 0.25) is 0 Å². The van der Waals surface area contributed by atoms with E-state index in [-0.39, 0.29) is 5.91 Å². The van der Waals surface area contributed by atoms with E-state index >= 15 is 0 Å². The van der Waals surface area contributed by atoms with Crippen LogP contribution < -0.4 is 5.32 Å². The fourth-order valence-electron chi connectivity index (χ4n) is 2.39. The molecule has 0 radical (unpaired) electrons. The standard InChI is InChI=1S/C16H15NO4S/c18-15(13-8-11-9-21-7-6-12(11)22-13)17-14(16(19)20)10-4-2-1-3-5-10/h1-5,8,14H,6-7,9H2,(H,17,18)(H,19,20)/t14-/m1/s1. The quantitative estimate of drug-likeness (QED) is 0.908. The van der Waals surface area contributed by atoms with Crippen LogP contribution in [0.5, 0.6) is 0 Å². The number of hydrogen-bond acceptors (Lipinski definition) is 4. The molecule has 0 saturated carbocycles. The number of benzene rings is 1. The molecule has 0 saturated heterocycles. The summed E-state index contributed by atoms with van der Waals surface area (Å²) in [4.78, 5) is 25.4. The zero-order valence-corrected chi connectivity index (χ0v) is 12.6. The molecule has 1 aliphatic heterocycles. The molecule has 5 nitrogen and oxygen atoms in total. The highest BCUT2D eigenvalue weighted by Crippen LogP contribution is 2.27. The Labute approximate surface area is 131 Å². The van der Waals surface area contributed by atoms with Gasteiger partial charge >= 0.3 is 5.97 Å². The second-order valence-electron chi connectivity index (χ2n) is 5.02. The van der Waals surface area contributed by atoms with Crippen molar-refractivity contribution in [3.8, 4) is 0 Å². The minimum atomic E-state index is -1.08. The summed E-state index contributed by atoms with van der Waals surface area (Å²) >= 11 is 1.41. The molecule has 2 N–H and O–H groups in total. The van der Waals surface area contributed by atoms with E-state index in [0.29, 0.717) is 23.7 Å². The number of carbonyl (C=O) groups excluding carboxylic acids is 1. The van der Waals surface area contributed by atoms with Gasteiger partial charge in [0.1, 0.15) is 0 Å². The van der Waals surface area contributed by atoms with Gasteiger partial charge in [-0.05, 0) is 17.2 Å². The summed E-state index contributed by atoms with van der Waals surface area (Å²) in [5, 5.41) is 11.9. The minimum absolute atomic E-state index is 0.365. The molecule has 22 heavy (non-hydrogen) atoms. The van der Waals surface area contributed by atoms with Gasteiger partial charge < -0.3 is 15.2 Å². The summed E-state index contributed by atoms with van der Waals surface area (Å²) < 4.78 is 5.36. The first-order valence-electron chi connectivity index (χ1n) is 6.93. The Bertz CT molecular complexity index is 672. The zero-order valence-electron chi connectivity index (χ0n) is 11.7. The third-order valence-electron chi connectivity index (χ3n) is 3.51. The van der Waals surface area contributed by atoms with Crippen molar-refractivity contribution >= 4 is 23.2 Å². The van der Waals surface area contributed by atoms with Crippen molar-refractivity contribution in [1.29, 1.82) is 0 Å². The lowest BCUT2D eigenvalue weighted by Gasteiger charge is -2.14. The second-order valence-corrected chi connectivity index (χ2v) is 6.15. The molecule has 0 fully saturated rings. The summed E-state index contributed by atoms with van der Waals surface area (Å²) in [5.41, 5.74) is 1.57. The van der Waals surface area contributed by atoms with Gasteiger partial charge in [-0.3, -0.25) is 4.79 Å². The Hall–Kier alpha value is -2.18. The molecule has 0 aliphatic carbocycles. The van der Waals surface area contributed by atoms with E-state index in [1.165, 1.54) is 11.3 Å². The van der Waals surface area contributed by atoms with Crippen molar-refractivity contribution in [3.05, 3.63) is 57.3 Å². The molecule has 0 bridgehead atoms. The number of rotatable bonds is 4. The minimum Gasteiger partial charge on any atom is -0.479 e. The third kappa shape index (κ3) is 3.03. The molecule has 0 spiro atoms. The largest absolute Gasteiger partial charge is 0.479 e.